The van der Waals surface area contributed by atoms with E-state index in [9.17, 15) is 9.59 Å². The van der Waals surface area contributed by atoms with Crippen molar-refractivity contribution >= 4 is 23.2 Å². The number of hydrogen-bond acceptors (Lipinski definition) is 5. The molecule has 8 heteroatoms. The van der Waals surface area contributed by atoms with Crippen molar-refractivity contribution in [3.8, 4) is 0 Å². The van der Waals surface area contributed by atoms with Crippen molar-refractivity contribution in [1.82, 2.24) is 25.6 Å². The standard InChI is InChI=1S/C22H31N5O3/c1-22(2,3)30-21(29)24-12-13-4-8-15(9-5-13)25-20(28)16-10-11-23-19-17(16)26-18(27-19)14-6-7-14/h10-11,13-15H,4-9,12H2,1-3H3,(H,24,29)(H,25,28)(H,23,26,27). The first kappa shape index (κ1) is 20.6. The van der Waals surface area contributed by atoms with Crippen LogP contribution in [0.1, 0.15) is 81.4 Å². The lowest BCUT2D eigenvalue weighted by Crippen LogP contribution is -2.40. The normalized spacial score (nSPS) is 22.0. The highest BCUT2D eigenvalue weighted by Gasteiger charge is 2.29. The number of pyridine rings is 1. The molecular formula is C22H31N5O3. The molecule has 2 fully saturated rings. The predicted molar refractivity (Wildman–Crippen MR) is 113 cm³/mol. The summed E-state index contributed by atoms with van der Waals surface area (Å²) in [4.78, 5) is 36.9. The van der Waals surface area contributed by atoms with Gasteiger partial charge in [0.1, 0.15) is 11.4 Å². The first-order valence-electron chi connectivity index (χ1n) is 10.9. The van der Waals surface area contributed by atoms with Gasteiger partial charge in [0, 0.05) is 24.7 Å². The molecule has 2 aromatic rings. The molecule has 8 nitrogen and oxygen atoms in total. The molecule has 4 rings (SSSR count). The van der Waals surface area contributed by atoms with Gasteiger partial charge in [0.2, 0.25) is 0 Å². The van der Waals surface area contributed by atoms with Crippen molar-refractivity contribution < 1.29 is 14.3 Å². The van der Waals surface area contributed by atoms with Gasteiger partial charge in [0.05, 0.1) is 11.1 Å². The molecule has 2 aliphatic rings. The zero-order valence-corrected chi connectivity index (χ0v) is 18.0. The van der Waals surface area contributed by atoms with Gasteiger partial charge in [-0.3, -0.25) is 4.79 Å². The van der Waals surface area contributed by atoms with Gasteiger partial charge in [0.15, 0.2) is 5.65 Å². The van der Waals surface area contributed by atoms with Gasteiger partial charge < -0.3 is 20.4 Å². The average Bonchev–Trinajstić information content (AvgIpc) is 3.44. The van der Waals surface area contributed by atoms with Crippen molar-refractivity contribution in [3.63, 3.8) is 0 Å². The van der Waals surface area contributed by atoms with Crippen LogP contribution in [0.25, 0.3) is 11.2 Å². The van der Waals surface area contributed by atoms with Crippen LogP contribution in [0.3, 0.4) is 0 Å². The van der Waals surface area contributed by atoms with Gasteiger partial charge in [-0.25, -0.2) is 14.8 Å². The van der Waals surface area contributed by atoms with Gasteiger partial charge in [-0.1, -0.05) is 0 Å². The molecule has 0 saturated heterocycles. The number of rotatable bonds is 5. The second-order valence-corrected chi connectivity index (χ2v) is 9.53. The lowest BCUT2D eigenvalue weighted by Gasteiger charge is -2.29. The van der Waals surface area contributed by atoms with E-state index in [4.69, 9.17) is 4.74 Å². The maximum Gasteiger partial charge on any atom is 0.407 e. The number of alkyl carbamates (subject to hydrolysis) is 1. The number of aromatic amines is 1. The Hall–Kier alpha value is -2.64. The van der Waals surface area contributed by atoms with Crippen LogP contribution in [0.4, 0.5) is 4.79 Å². The van der Waals surface area contributed by atoms with Crippen molar-refractivity contribution in [1.29, 1.82) is 0 Å². The summed E-state index contributed by atoms with van der Waals surface area (Å²) < 4.78 is 5.29. The molecule has 0 radical (unpaired) electrons. The third-order valence-electron chi connectivity index (χ3n) is 5.73. The highest BCUT2D eigenvalue weighted by Crippen LogP contribution is 2.39. The zero-order valence-electron chi connectivity index (χ0n) is 18.0. The third-order valence-corrected chi connectivity index (χ3v) is 5.73. The Bertz CT molecular complexity index is 920. The number of imidazole rings is 1. The number of nitrogens with one attached hydrogen (secondary N) is 3. The maximum absolute atomic E-state index is 12.9. The third kappa shape index (κ3) is 5.09. The summed E-state index contributed by atoms with van der Waals surface area (Å²) in [5.74, 6) is 1.76. The second-order valence-electron chi connectivity index (χ2n) is 9.53. The van der Waals surface area contributed by atoms with Gasteiger partial charge in [-0.15, -0.1) is 0 Å². The molecule has 0 aliphatic heterocycles. The summed E-state index contributed by atoms with van der Waals surface area (Å²) >= 11 is 0. The van der Waals surface area contributed by atoms with E-state index in [0.717, 1.165) is 49.9 Å². The van der Waals surface area contributed by atoms with E-state index in [0.29, 0.717) is 29.6 Å². The summed E-state index contributed by atoms with van der Waals surface area (Å²) in [7, 11) is 0. The minimum atomic E-state index is -0.488. The SMILES string of the molecule is CC(C)(C)OC(=O)NCC1CCC(NC(=O)c2ccnc3nc(C4CC4)[nH]c23)CC1. The summed E-state index contributed by atoms with van der Waals surface area (Å²) in [5.41, 5.74) is 1.46. The molecule has 2 saturated carbocycles. The van der Waals surface area contributed by atoms with Crippen LogP contribution in [0.2, 0.25) is 0 Å². The van der Waals surface area contributed by atoms with E-state index in [-0.39, 0.29) is 18.0 Å². The average molecular weight is 414 g/mol. The molecule has 0 aromatic carbocycles. The van der Waals surface area contributed by atoms with Gasteiger partial charge in [-0.2, -0.15) is 0 Å². The predicted octanol–water partition coefficient (Wildman–Crippen LogP) is 3.65. The Balaban J connectivity index is 1.28. The number of aromatic nitrogens is 3. The quantitative estimate of drug-likeness (QED) is 0.693. The number of hydrogen-bond donors (Lipinski definition) is 3. The molecule has 2 amide bonds. The van der Waals surface area contributed by atoms with Crippen LogP contribution < -0.4 is 10.6 Å². The smallest absolute Gasteiger partial charge is 0.407 e. The van der Waals surface area contributed by atoms with Crippen molar-refractivity contribution in [3.05, 3.63) is 23.7 Å². The highest BCUT2D eigenvalue weighted by atomic mass is 16.6. The van der Waals surface area contributed by atoms with Gasteiger partial charge in [-0.05, 0) is 71.3 Å². The number of fused-ring (bicyclic) bond motifs is 1. The Morgan fingerprint density at radius 2 is 1.90 bits per heavy atom. The fourth-order valence-electron chi connectivity index (χ4n) is 3.98. The fraction of sp³-hybridized carbons (Fsp3) is 0.636. The summed E-state index contributed by atoms with van der Waals surface area (Å²) in [5, 5.41) is 6.03. The Labute approximate surface area is 176 Å². The molecule has 3 N–H and O–H groups in total. The number of H-pyrrole nitrogens is 1. The molecule has 0 unspecified atom stereocenters. The highest BCUT2D eigenvalue weighted by molar-refractivity contribution is 6.04. The van der Waals surface area contributed by atoms with E-state index in [1.165, 1.54) is 0 Å². The fourth-order valence-corrected chi connectivity index (χ4v) is 3.98. The molecule has 2 aromatic heterocycles. The van der Waals surface area contributed by atoms with Crippen LogP contribution in [0, 0.1) is 5.92 Å². The number of carbonyl (C=O) groups is 2. The molecule has 162 valence electrons. The number of nitrogens with zero attached hydrogens (tertiary/aromatic N) is 2. The summed E-state index contributed by atoms with van der Waals surface area (Å²) in [6.07, 6.45) is 7.29. The topological polar surface area (TPSA) is 109 Å². The van der Waals surface area contributed by atoms with Crippen molar-refractivity contribution in [2.75, 3.05) is 6.54 Å². The van der Waals surface area contributed by atoms with Crippen LogP contribution in [0.15, 0.2) is 12.3 Å². The maximum atomic E-state index is 12.9. The number of amides is 2. The van der Waals surface area contributed by atoms with E-state index in [2.05, 4.69) is 25.6 Å². The van der Waals surface area contributed by atoms with E-state index in [1.54, 1.807) is 12.3 Å². The minimum Gasteiger partial charge on any atom is -0.444 e. The van der Waals surface area contributed by atoms with Gasteiger partial charge >= 0.3 is 6.09 Å². The molecule has 0 bridgehead atoms. The second kappa shape index (κ2) is 8.24. The Kier molecular flexibility index (Phi) is 5.66. The van der Waals surface area contributed by atoms with Crippen LogP contribution in [0.5, 0.6) is 0 Å². The lowest BCUT2D eigenvalue weighted by atomic mass is 9.86. The summed E-state index contributed by atoms with van der Waals surface area (Å²) in [6.45, 7) is 6.17. The Morgan fingerprint density at radius 1 is 1.17 bits per heavy atom. The molecule has 0 spiro atoms. The van der Waals surface area contributed by atoms with E-state index < -0.39 is 5.60 Å². The number of carbonyl (C=O) groups excluding carboxylic acids is 2. The largest absolute Gasteiger partial charge is 0.444 e. The number of ether oxygens (including phenoxy) is 1. The molecule has 0 atom stereocenters. The van der Waals surface area contributed by atoms with Crippen molar-refractivity contribution in [2.45, 2.75) is 76.9 Å². The summed E-state index contributed by atoms with van der Waals surface area (Å²) in [6, 6.07) is 1.90. The lowest BCUT2D eigenvalue weighted by molar-refractivity contribution is 0.0514. The molecule has 30 heavy (non-hydrogen) atoms. The Morgan fingerprint density at radius 3 is 2.57 bits per heavy atom. The molecule has 2 heterocycles. The van der Waals surface area contributed by atoms with Gasteiger partial charge in [0.25, 0.3) is 5.91 Å². The first-order valence-corrected chi connectivity index (χ1v) is 10.9. The van der Waals surface area contributed by atoms with Crippen LogP contribution >= 0.6 is 0 Å². The first-order chi connectivity index (χ1) is 14.3. The van der Waals surface area contributed by atoms with Crippen molar-refractivity contribution in [2.24, 2.45) is 5.92 Å². The van der Waals surface area contributed by atoms with E-state index >= 15 is 0 Å². The zero-order chi connectivity index (χ0) is 21.3. The van der Waals surface area contributed by atoms with Crippen LogP contribution in [-0.4, -0.2) is 45.1 Å². The minimum absolute atomic E-state index is 0.0799. The van der Waals surface area contributed by atoms with E-state index in [1.807, 2.05) is 20.8 Å². The van der Waals surface area contributed by atoms with Crippen LogP contribution in [-0.2, 0) is 4.74 Å². The molecular weight excluding hydrogens is 382 g/mol. The molecule has 2 aliphatic carbocycles. The monoisotopic (exact) mass is 413 g/mol.